The van der Waals surface area contributed by atoms with Crippen LogP contribution in [-0.4, -0.2) is 25.2 Å². The second-order valence-electron chi connectivity index (χ2n) is 5.58. The second-order valence-corrected chi connectivity index (χ2v) is 6.78. The van der Waals surface area contributed by atoms with Gasteiger partial charge in [-0.15, -0.1) is 11.3 Å². The first-order valence-corrected chi connectivity index (χ1v) is 8.18. The highest BCUT2D eigenvalue weighted by atomic mass is 32.1. The molecule has 19 heavy (non-hydrogen) atoms. The van der Waals surface area contributed by atoms with Gasteiger partial charge in [0, 0.05) is 18.5 Å². The van der Waals surface area contributed by atoms with Crippen LogP contribution >= 0.6 is 11.3 Å². The number of nitrogens with one attached hydrogen (secondary N) is 1. The molecule has 1 aromatic rings. The molecule has 0 aliphatic heterocycles. The van der Waals surface area contributed by atoms with Gasteiger partial charge in [-0.1, -0.05) is 25.7 Å². The molecule has 0 amide bonds. The lowest BCUT2D eigenvalue weighted by Crippen LogP contribution is -2.43. The summed E-state index contributed by atoms with van der Waals surface area (Å²) in [4.78, 5) is 6.20. The second kappa shape index (κ2) is 6.82. The first kappa shape index (κ1) is 14.9. The first-order chi connectivity index (χ1) is 9.18. The predicted molar refractivity (Wildman–Crippen MR) is 80.8 cm³/mol. The van der Waals surface area contributed by atoms with Crippen LogP contribution in [-0.2, 0) is 10.3 Å². The van der Waals surface area contributed by atoms with E-state index in [2.05, 4.69) is 19.2 Å². The molecule has 1 aliphatic rings. The fourth-order valence-corrected chi connectivity index (χ4v) is 4.01. The van der Waals surface area contributed by atoms with Crippen LogP contribution in [0.2, 0.25) is 0 Å². The van der Waals surface area contributed by atoms with E-state index >= 15 is 0 Å². The van der Waals surface area contributed by atoms with E-state index in [-0.39, 0.29) is 5.54 Å². The van der Waals surface area contributed by atoms with Gasteiger partial charge >= 0.3 is 0 Å². The quantitative estimate of drug-likeness (QED) is 0.662. The van der Waals surface area contributed by atoms with Crippen molar-refractivity contribution >= 4 is 11.3 Å². The number of aromatic nitrogens is 1. The number of hydrogen-bond donors (Lipinski definition) is 1. The molecule has 0 unspecified atom stereocenters. The Morgan fingerprint density at radius 1 is 1.21 bits per heavy atom. The van der Waals surface area contributed by atoms with Gasteiger partial charge in [0.1, 0.15) is 5.01 Å². The monoisotopic (exact) mass is 282 g/mol. The van der Waals surface area contributed by atoms with Crippen molar-refractivity contribution in [3.63, 3.8) is 0 Å². The molecular formula is C15H26N2OS. The van der Waals surface area contributed by atoms with Crippen LogP contribution in [0.25, 0.3) is 0 Å². The van der Waals surface area contributed by atoms with Crippen molar-refractivity contribution in [3.05, 3.63) is 15.6 Å². The van der Waals surface area contributed by atoms with Crippen molar-refractivity contribution in [2.24, 2.45) is 0 Å². The van der Waals surface area contributed by atoms with E-state index in [9.17, 15) is 0 Å². The fourth-order valence-electron chi connectivity index (χ4n) is 2.87. The molecule has 1 aliphatic carbocycles. The van der Waals surface area contributed by atoms with E-state index in [4.69, 9.17) is 9.72 Å². The van der Waals surface area contributed by atoms with Gasteiger partial charge in [-0.05, 0) is 26.7 Å². The summed E-state index contributed by atoms with van der Waals surface area (Å²) in [6, 6.07) is 0. The molecule has 1 aromatic heterocycles. The van der Waals surface area contributed by atoms with Crippen LogP contribution < -0.4 is 5.32 Å². The normalized spacial score (nSPS) is 19.3. The van der Waals surface area contributed by atoms with Crippen molar-refractivity contribution < 1.29 is 4.74 Å². The number of ether oxygens (including phenoxy) is 1. The molecule has 1 heterocycles. The third-order valence-corrected chi connectivity index (χ3v) is 5.44. The molecule has 4 heteroatoms. The van der Waals surface area contributed by atoms with Gasteiger partial charge in [-0.3, -0.25) is 0 Å². The first-order valence-electron chi connectivity index (χ1n) is 7.36. The Kier molecular flexibility index (Phi) is 5.37. The SMILES string of the molecule is COCCNC1(c2nc(C)c(C)s2)CCCCCC1. The predicted octanol–water partition coefficient (Wildman–Crippen LogP) is 3.55. The Hall–Kier alpha value is -0.450. The fraction of sp³-hybridized carbons (Fsp3) is 0.800. The van der Waals surface area contributed by atoms with Crippen LogP contribution in [0.5, 0.6) is 0 Å². The summed E-state index contributed by atoms with van der Waals surface area (Å²) < 4.78 is 5.19. The van der Waals surface area contributed by atoms with E-state index in [1.165, 1.54) is 54.1 Å². The zero-order valence-corrected chi connectivity index (χ0v) is 13.2. The van der Waals surface area contributed by atoms with E-state index < -0.39 is 0 Å². The van der Waals surface area contributed by atoms with Crippen molar-refractivity contribution in [1.82, 2.24) is 10.3 Å². The molecular weight excluding hydrogens is 256 g/mol. The van der Waals surface area contributed by atoms with Crippen LogP contribution in [0.15, 0.2) is 0 Å². The molecule has 0 saturated heterocycles. The van der Waals surface area contributed by atoms with E-state index in [0.29, 0.717) is 0 Å². The highest BCUT2D eigenvalue weighted by molar-refractivity contribution is 7.11. The molecule has 108 valence electrons. The Morgan fingerprint density at radius 3 is 2.42 bits per heavy atom. The standard InChI is InChI=1S/C15H26N2OS/c1-12-13(2)19-14(17-12)15(16-10-11-18-3)8-6-4-5-7-9-15/h16H,4-11H2,1-3H3. The molecule has 1 saturated carbocycles. The van der Waals surface area contributed by atoms with Gasteiger partial charge in [0.05, 0.1) is 17.8 Å². The van der Waals surface area contributed by atoms with Crippen LogP contribution in [0.1, 0.15) is 54.1 Å². The van der Waals surface area contributed by atoms with Crippen LogP contribution in [0.3, 0.4) is 0 Å². The summed E-state index contributed by atoms with van der Waals surface area (Å²) in [6.45, 7) is 5.98. The lowest BCUT2D eigenvalue weighted by molar-refractivity contribution is 0.177. The molecule has 0 aromatic carbocycles. The highest BCUT2D eigenvalue weighted by Gasteiger charge is 2.35. The Morgan fingerprint density at radius 2 is 1.89 bits per heavy atom. The Bertz CT molecular complexity index is 375. The van der Waals surface area contributed by atoms with Crippen LogP contribution in [0.4, 0.5) is 0 Å². The molecule has 0 atom stereocenters. The third-order valence-electron chi connectivity index (χ3n) is 4.16. The maximum Gasteiger partial charge on any atom is 0.113 e. The zero-order valence-electron chi connectivity index (χ0n) is 12.4. The molecule has 3 nitrogen and oxygen atoms in total. The van der Waals surface area contributed by atoms with Gasteiger partial charge in [0.25, 0.3) is 0 Å². The third kappa shape index (κ3) is 3.56. The van der Waals surface area contributed by atoms with Gasteiger partial charge in [-0.25, -0.2) is 4.98 Å². The van der Waals surface area contributed by atoms with Crippen molar-refractivity contribution in [2.45, 2.75) is 57.9 Å². The van der Waals surface area contributed by atoms with E-state index in [0.717, 1.165) is 13.2 Å². The average molecular weight is 282 g/mol. The Balaban J connectivity index is 2.21. The molecule has 2 rings (SSSR count). The number of aryl methyl sites for hydroxylation is 2. The number of rotatable bonds is 5. The zero-order chi connectivity index (χ0) is 13.7. The summed E-state index contributed by atoms with van der Waals surface area (Å²) in [5, 5.41) is 5.05. The molecule has 0 radical (unpaired) electrons. The van der Waals surface area contributed by atoms with Gasteiger partial charge in [-0.2, -0.15) is 0 Å². The van der Waals surface area contributed by atoms with E-state index in [1.54, 1.807) is 7.11 Å². The summed E-state index contributed by atoms with van der Waals surface area (Å²) in [5.74, 6) is 0. The lowest BCUT2D eigenvalue weighted by atomic mass is 9.90. The topological polar surface area (TPSA) is 34.1 Å². The largest absolute Gasteiger partial charge is 0.383 e. The van der Waals surface area contributed by atoms with Gasteiger partial charge in [0.15, 0.2) is 0 Å². The van der Waals surface area contributed by atoms with E-state index in [1.807, 2.05) is 11.3 Å². The molecule has 1 N–H and O–H groups in total. The Labute approximate surface area is 120 Å². The molecule has 0 bridgehead atoms. The van der Waals surface area contributed by atoms with Gasteiger partial charge in [0.2, 0.25) is 0 Å². The minimum atomic E-state index is 0.0959. The van der Waals surface area contributed by atoms with Gasteiger partial charge < -0.3 is 10.1 Å². The lowest BCUT2D eigenvalue weighted by Gasteiger charge is -2.32. The maximum absolute atomic E-state index is 5.19. The molecule has 1 fully saturated rings. The van der Waals surface area contributed by atoms with Crippen molar-refractivity contribution in [3.8, 4) is 0 Å². The smallest absolute Gasteiger partial charge is 0.113 e. The minimum absolute atomic E-state index is 0.0959. The summed E-state index contributed by atoms with van der Waals surface area (Å²) in [6.07, 6.45) is 7.75. The van der Waals surface area contributed by atoms with Crippen LogP contribution in [0, 0.1) is 13.8 Å². The minimum Gasteiger partial charge on any atom is -0.383 e. The summed E-state index contributed by atoms with van der Waals surface area (Å²) in [5.41, 5.74) is 1.29. The van der Waals surface area contributed by atoms with Crippen molar-refractivity contribution in [2.75, 3.05) is 20.3 Å². The summed E-state index contributed by atoms with van der Waals surface area (Å²) >= 11 is 1.87. The molecule has 0 spiro atoms. The number of hydrogen-bond acceptors (Lipinski definition) is 4. The average Bonchev–Trinajstić information content (AvgIpc) is 2.63. The highest BCUT2D eigenvalue weighted by Crippen LogP contribution is 2.38. The number of nitrogens with zero attached hydrogens (tertiary/aromatic N) is 1. The summed E-state index contributed by atoms with van der Waals surface area (Å²) in [7, 11) is 1.76. The number of thiazole rings is 1. The number of methoxy groups -OCH3 is 1. The van der Waals surface area contributed by atoms with Crippen molar-refractivity contribution in [1.29, 1.82) is 0 Å². The maximum atomic E-state index is 5.19.